The van der Waals surface area contributed by atoms with E-state index in [0.29, 0.717) is 10.6 Å². The summed E-state index contributed by atoms with van der Waals surface area (Å²) < 4.78 is 0. The zero-order valence-electron chi connectivity index (χ0n) is 9.00. The van der Waals surface area contributed by atoms with Crippen molar-refractivity contribution in [1.82, 2.24) is 0 Å². The van der Waals surface area contributed by atoms with Crippen molar-refractivity contribution in [3.8, 4) is 6.07 Å². The summed E-state index contributed by atoms with van der Waals surface area (Å²) in [5, 5.41) is 9.11. The molecule has 0 atom stereocenters. The molecule has 1 aromatic carbocycles. The third kappa shape index (κ3) is 3.08. The molecule has 3 heteroatoms. The number of benzene rings is 1. The lowest BCUT2D eigenvalue weighted by atomic mass is 10.1. The summed E-state index contributed by atoms with van der Waals surface area (Å²) >= 11 is 6.06. The molecule has 0 aliphatic carbocycles. The second kappa shape index (κ2) is 5.29. The minimum Gasteiger partial charge on any atom is -0.246 e. The number of hydrogen-bond acceptors (Lipinski definition) is 2. The molecule has 80 valence electrons. The van der Waals surface area contributed by atoms with Gasteiger partial charge in [-0.1, -0.05) is 36.9 Å². The van der Waals surface area contributed by atoms with E-state index in [0.717, 1.165) is 11.1 Å². The van der Waals surface area contributed by atoms with Crippen molar-refractivity contribution in [2.45, 2.75) is 6.92 Å². The summed E-state index contributed by atoms with van der Waals surface area (Å²) in [5.41, 5.74) is 2.69. The summed E-state index contributed by atoms with van der Waals surface area (Å²) in [6.45, 7) is 9.24. The average molecular weight is 231 g/mol. The van der Waals surface area contributed by atoms with E-state index in [4.69, 9.17) is 16.9 Å². The van der Waals surface area contributed by atoms with Crippen molar-refractivity contribution in [2.24, 2.45) is 4.99 Å². The Kier molecular flexibility index (Phi) is 4.04. The summed E-state index contributed by atoms with van der Waals surface area (Å²) in [7, 11) is 0. The van der Waals surface area contributed by atoms with Crippen LogP contribution in [0.25, 0.3) is 5.57 Å². The molecule has 0 aliphatic heterocycles. The Balaban J connectivity index is 2.94. The van der Waals surface area contributed by atoms with E-state index in [2.05, 4.69) is 18.2 Å². The number of aliphatic imine (C=N–C) groups is 1. The maximum Gasteiger partial charge on any atom is 0.133 e. The van der Waals surface area contributed by atoms with Gasteiger partial charge in [0.05, 0.1) is 0 Å². The maximum absolute atomic E-state index is 8.49. The molecule has 0 N–H and O–H groups in total. The molecule has 0 heterocycles. The number of nitrogens with zero attached hydrogens (tertiary/aromatic N) is 2. The summed E-state index contributed by atoms with van der Waals surface area (Å²) in [6, 6.07) is 7.51. The lowest BCUT2D eigenvalue weighted by Gasteiger charge is -2.04. The van der Waals surface area contributed by atoms with Crippen LogP contribution in [0.1, 0.15) is 11.1 Å². The van der Waals surface area contributed by atoms with Gasteiger partial charge in [-0.15, -0.1) is 0 Å². The second-order valence-electron chi connectivity index (χ2n) is 3.33. The molecular weight excluding hydrogens is 220 g/mol. The predicted octanol–water partition coefficient (Wildman–Crippen LogP) is 3.77. The fourth-order valence-electron chi connectivity index (χ4n) is 1.13. The van der Waals surface area contributed by atoms with Gasteiger partial charge < -0.3 is 0 Å². The second-order valence-corrected chi connectivity index (χ2v) is 3.73. The number of nitriles is 1. The Morgan fingerprint density at radius 1 is 1.50 bits per heavy atom. The molecule has 1 aromatic rings. The minimum absolute atomic E-state index is 0.143. The van der Waals surface area contributed by atoms with Gasteiger partial charge in [0, 0.05) is 16.8 Å². The SMILES string of the molecule is C=C(C#N)/N=C/C(=C)c1ccc(C)cc1Cl. The van der Waals surface area contributed by atoms with Crippen molar-refractivity contribution in [3.63, 3.8) is 0 Å². The van der Waals surface area contributed by atoms with Gasteiger partial charge in [0.1, 0.15) is 11.8 Å². The van der Waals surface area contributed by atoms with E-state index < -0.39 is 0 Å². The molecule has 0 aliphatic rings. The molecule has 0 aromatic heterocycles. The van der Waals surface area contributed by atoms with Crippen LogP contribution in [-0.4, -0.2) is 6.21 Å². The van der Waals surface area contributed by atoms with Crippen LogP contribution in [-0.2, 0) is 0 Å². The fourth-order valence-corrected chi connectivity index (χ4v) is 1.49. The predicted molar refractivity (Wildman–Crippen MR) is 68.5 cm³/mol. The van der Waals surface area contributed by atoms with Gasteiger partial charge in [-0.2, -0.15) is 5.26 Å². The molecule has 0 amide bonds. The zero-order valence-corrected chi connectivity index (χ0v) is 9.75. The number of rotatable bonds is 3. The Morgan fingerprint density at radius 2 is 2.19 bits per heavy atom. The molecule has 0 unspecified atom stereocenters. The zero-order chi connectivity index (χ0) is 12.1. The summed E-state index contributed by atoms with van der Waals surface area (Å²) in [5.74, 6) is 0. The third-order valence-electron chi connectivity index (χ3n) is 1.98. The summed E-state index contributed by atoms with van der Waals surface area (Å²) in [6.07, 6.45) is 1.49. The molecule has 0 spiro atoms. The van der Waals surface area contributed by atoms with Crippen LogP contribution >= 0.6 is 11.6 Å². The number of allylic oxidation sites excluding steroid dienone is 2. The van der Waals surface area contributed by atoms with Crippen molar-refractivity contribution in [1.29, 1.82) is 5.26 Å². The highest BCUT2D eigenvalue weighted by Gasteiger charge is 2.02. The van der Waals surface area contributed by atoms with Gasteiger partial charge in [0.15, 0.2) is 0 Å². The normalized spacial score (nSPS) is 10.1. The van der Waals surface area contributed by atoms with E-state index in [1.165, 1.54) is 6.21 Å². The smallest absolute Gasteiger partial charge is 0.133 e. The van der Waals surface area contributed by atoms with Gasteiger partial charge in [0.2, 0.25) is 0 Å². The van der Waals surface area contributed by atoms with E-state index in [-0.39, 0.29) is 5.70 Å². The van der Waals surface area contributed by atoms with Crippen LogP contribution in [0.4, 0.5) is 0 Å². The van der Waals surface area contributed by atoms with Crippen LogP contribution in [0.5, 0.6) is 0 Å². The van der Waals surface area contributed by atoms with Crippen LogP contribution in [0.3, 0.4) is 0 Å². The standard InChI is InChI=1S/C13H11ClN2/c1-9-4-5-12(13(14)6-9)10(2)8-16-11(3)7-15/h4-6,8H,2-3H2,1H3/b16-8+. The molecule has 0 radical (unpaired) electrons. The maximum atomic E-state index is 8.49. The highest BCUT2D eigenvalue weighted by atomic mass is 35.5. The van der Waals surface area contributed by atoms with Crippen LogP contribution in [0.2, 0.25) is 5.02 Å². The van der Waals surface area contributed by atoms with E-state index in [9.17, 15) is 0 Å². The summed E-state index contributed by atoms with van der Waals surface area (Å²) in [4.78, 5) is 3.84. The first kappa shape index (κ1) is 12.2. The average Bonchev–Trinajstić information content (AvgIpc) is 2.25. The molecule has 0 saturated heterocycles. The lowest BCUT2D eigenvalue weighted by molar-refractivity contribution is 1.41. The fraction of sp³-hybridized carbons (Fsp3) is 0.0769. The third-order valence-corrected chi connectivity index (χ3v) is 2.29. The lowest BCUT2D eigenvalue weighted by Crippen LogP contribution is -1.87. The van der Waals surface area contributed by atoms with Crippen LogP contribution < -0.4 is 0 Å². The van der Waals surface area contributed by atoms with Gasteiger partial charge in [-0.25, -0.2) is 4.99 Å². The largest absolute Gasteiger partial charge is 0.246 e. The van der Waals surface area contributed by atoms with E-state index >= 15 is 0 Å². The molecule has 0 bridgehead atoms. The van der Waals surface area contributed by atoms with Crippen LogP contribution in [0, 0.1) is 18.3 Å². The van der Waals surface area contributed by atoms with Crippen molar-refractivity contribution in [2.75, 3.05) is 0 Å². The van der Waals surface area contributed by atoms with Gasteiger partial charge >= 0.3 is 0 Å². The molecule has 0 saturated carbocycles. The molecule has 2 nitrogen and oxygen atoms in total. The highest BCUT2D eigenvalue weighted by Crippen LogP contribution is 2.23. The topological polar surface area (TPSA) is 36.1 Å². The highest BCUT2D eigenvalue weighted by molar-refractivity contribution is 6.33. The Morgan fingerprint density at radius 3 is 2.75 bits per heavy atom. The van der Waals surface area contributed by atoms with Crippen molar-refractivity contribution < 1.29 is 0 Å². The molecular formula is C13H11ClN2. The number of aryl methyl sites for hydroxylation is 1. The quantitative estimate of drug-likeness (QED) is 0.575. The number of halogens is 1. The molecule has 0 fully saturated rings. The van der Waals surface area contributed by atoms with Crippen molar-refractivity contribution >= 4 is 23.4 Å². The van der Waals surface area contributed by atoms with Gasteiger partial charge in [-0.3, -0.25) is 0 Å². The molecule has 1 rings (SSSR count). The van der Waals surface area contributed by atoms with E-state index in [1.807, 2.05) is 31.2 Å². The van der Waals surface area contributed by atoms with Crippen LogP contribution in [0.15, 0.2) is 42.0 Å². The number of hydrogen-bond donors (Lipinski definition) is 0. The Labute approximate surface area is 100 Å². The van der Waals surface area contributed by atoms with E-state index in [1.54, 1.807) is 0 Å². The van der Waals surface area contributed by atoms with Crippen molar-refractivity contribution in [3.05, 3.63) is 53.2 Å². The Bertz CT molecular complexity index is 507. The van der Waals surface area contributed by atoms with Gasteiger partial charge in [-0.05, 0) is 24.1 Å². The first-order valence-corrected chi connectivity index (χ1v) is 5.01. The first-order chi connectivity index (χ1) is 7.54. The monoisotopic (exact) mass is 230 g/mol. The Hall–Kier alpha value is -1.85. The molecule has 16 heavy (non-hydrogen) atoms. The van der Waals surface area contributed by atoms with Gasteiger partial charge in [0.25, 0.3) is 0 Å². The minimum atomic E-state index is 0.143. The first-order valence-electron chi connectivity index (χ1n) is 4.63.